The van der Waals surface area contributed by atoms with Gasteiger partial charge in [0, 0.05) is 0 Å². The van der Waals surface area contributed by atoms with Gasteiger partial charge in [0.05, 0.1) is 23.6 Å². The van der Waals surface area contributed by atoms with Gasteiger partial charge in [-0.05, 0) is 52.4 Å². The molecule has 1 aliphatic carbocycles. The summed E-state index contributed by atoms with van der Waals surface area (Å²) in [4.78, 5) is 0. The Labute approximate surface area is 104 Å². The Kier molecular flexibility index (Phi) is 3.84. The Morgan fingerprint density at radius 2 is 2.25 bits per heavy atom. The number of benzene rings is 1. The van der Waals surface area contributed by atoms with Crippen LogP contribution in [0.25, 0.3) is 0 Å². The summed E-state index contributed by atoms with van der Waals surface area (Å²) in [7, 11) is 0. The van der Waals surface area contributed by atoms with E-state index in [1.807, 2.05) is 18.2 Å². The highest BCUT2D eigenvalue weighted by Crippen LogP contribution is 2.30. The van der Waals surface area contributed by atoms with Gasteiger partial charge >= 0.3 is 0 Å². The normalized spacial score (nSPS) is 15.2. The second kappa shape index (κ2) is 5.36. The standard InChI is InChI=1S/C13H14BrNO/c14-12-8-10(6-7-15)4-5-13(12)16-9-11-2-1-3-11/h4-5,8,11H,1-3,6,9H2. The molecule has 1 fully saturated rings. The first-order valence-corrected chi connectivity index (χ1v) is 6.37. The molecular weight excluding hydrogens is 266 g/mol. The average molecular weight is 280 g/mol. The SMILES string of the molecule is N#CCc1ccc(OCC2CCC2)c(Br)c1. The summed E-state index contributed by atoms with van der Waals surface area (Å²) in [6, 6.07) is 7.98. The molecular formula is C13H14BrNO. The maximum Gasteiger partial charge on any atom is 0.133 e. The summed E-state index contributed by atoms with van der Waals surface area (Å²) in [6.45, 7) is 0.816. The van der Waals surface area contributed by atoms with Crippen molar-refractivity contribution in [3.05, 3.63) is 28.2 Å². The molecule has 16 heavy (non-hydrogen) atoms. The Balaban J connectivity index is 1.95. The van der Waals surface area contributed by atoms with Gasteiger partial charge in [0.25, 0.3) is 0 Å². The number of halogens is 1. The van der Waals surface area contributed by atoms with Crippen molar-refractivity contribution in [2.45, 2.75) is 25.7 Å². The highest BCUT2D eigenvalue weighted by atomic mass is 79.9. The molecule has 0 spiro atoms. The van der Waals surface area contributed by atoms with Crippen molar-refractivity contribution in [1.29, 1.82) is 5.26 Å². The Morgan fingerprint density at radius 3 is 2.81 bits per heavy atom. The summed E-state index contributed by atoms with van der Waals surface area (Å²) in [5, 5.41) is 8.60. The third kappa shape index (κ3) is 2.76. The summed E-state index contributed by atoms with van der Waals surface area (Å²) in [5.74, 6) is 1.62. The average Bonchev–Trinajstić information content (AvgIpc) is 2.19. The van der Waals surface area contributed by atoms with Crippen molar-refractivity contribution in [3.8, 4) is 11.8 Å². The highest BCUT2D eigenvalue weighted by molar-refractivity contribution is 9.10. The first-order chi connectivity index (χ1) is 7.79. The van der Waals surface area contributed by atoms with Gasteiger partial charge in [-0.15, -0.1) is 0 Å². The van der Waals surface area contributed by atoms with Crippen LogP contribution in [0.4, 0.5) is 0 Å². The lowest BCUT2D eigenvalue weighted by atomic mass is 9.86. The van der Waals surface area contributed by atoms with Crippen LogP contribution in [0.5, 0.6) is 5.75 Å². The number of nitrogens with zero attached hydrogens (tertiary/aromatic N) is 1. The third-order valence-corrected chi connectivity index (χ3v) is 3.60. The van der Waals surface area contributed by atoms with E-state index in [1.54, 1.807) is 0 Å². The van der Waals surface area contributed by atoms with Crippen molar-refractivity contribution in [2.75, 3.05) is 6.61 Å². The van der Waals surface area contributed by atoms with Gasteiger partial charge in [0.2, 0.25) is 0 Å². The Morgan fingerprint density at radius 1 is 1.44 bits per heavy atom. The molecule has 0 N–H and O–H groups in total. The van der Waals surface area contributed by atoms with Crippen molar-refractivity contribution < 1.29 is 4.74 Å². The minimum Gasteiger partial charge on any atom is -0.492 e. The van der Waals surface area contributed by atoms with E-state index in [0.717, 1.165) is 28.3 Å². The molecule has 3 heteroatoms. The quantitative estimate of drug-likeness (QED) is 0.842. The molecule has 0 radical (unpaired) electrons. The Hall–Kier alpha value is -1.01. The fourth-order valence-corrected chi connectivity index (χ4v) is 2.27. The van der Waals surface area contributed by atoms with Gasteiger partial charge in [-0.1, -0.05) is 12.5 Å². The van der Waals surface area contributed by atoms with Crippen LogP contribution in [0, 0.1) is 17.2 Å². The topological polar surface area (TPSA) is 33.0 Å². The van der Waals surface area contributed by atoms with Crippen molar-refractivity contribution >= 4 is 15.9 Å². The minimum atomic E-state index is 0.446. The van der Waals surface area contributed by atoms with E-state index >= 15 is 0 Å². The Bertz CT molecular complexity index is 407. The third-order valence-electron chi connectivity index (χ3n) is 2.98. The molecule has 2 nitrogen and oxygen atoms in total. The van der Waals surface area contributed by atoms with E-state index in [2.05, 4.69) is 22.0 Å². The van der Waals surface area contributed by atoms with Crippen molar-refractivity contribution in [1.82, 2.24) is 0 Å². The van der Waals surface area contributed by atoms with Crippen molar-refractivity contribution in [3.63, 3.8) is 0 Å². The van der Waals surface area contributed by atoms with E-state index in [0.29, 0.717) is 6.42 Å². The number of hydrogen-bond acceptors (Lipinski definition) is 2. The van der Waals surface area contributed by atoms with Crippen molar-refractivity contribution in [2.24, 2.45) is 5.92 Å². The molecule has 1 aromatic rings. The molecule has 0 bridgehead atoms. The summed E-state index contributed by atoms with van der Waals surface area (Å²) < 4.78 is 6.69. The van der Waals surface area contributed by atoms with E-state index in [9.17, 15) is 0 Å². The lowest BCUT2D eigenvalue weighted by molar-refractivity contribution is 0.180. The second-order valence-corrected chi connectivity index (χ2v) is 5.06. The minimum absolute atomic E-state index is 0.446. The van der Waals surface area contributed by atoms with E-state index in [1.165, 1.54) is 19.3 Å². The van der Waals surface area contributed by atoms with E-state index < -0.39 is 0 Å². The molecule has 84 valence electrons. The molecule has 0 amide bonds. The summed E-state index contributed by atoms with van der Waals surface area (Å²) in [6.07, 6.45) is 4.38. The van der Waals surface area contributed by atoms with Crippen LogP contribution in [0.1, 0.15) is 24.8 Å². The molecule has 0 unspecified atom stereocenters. The number of nitriles is 1. The van der Waals surface area contributed by atoms with Gasteiger partial charge in [0.15, 0.2) is 0 Å². The molecule has 0 saturated heterocycles. The van der Waals surface area contributed by atoms with E-state index in [4.69, 9.17) is 10.00 Å². The van der Waals surface area contributed by atoms with Crippen LogP contribution in [0.15, 0.2) is 22.7 Å². The molecule has 0 atom stereocenters. The monoisotopic (exact) mass is 279 g/mol. The van der Waals surface area contributed by atoms with Crippen LogP contribution in [-0.4, -0.2) is 6.61 Å². The second-order valence-electron chi connectivity index (χ2n) is 4.21. The van der Waals surface area contributed by atoms with Crippen LogP contribution in [0.2, 0.25) is 0 Å². The van der Waals surface area contributed by atoms with Gasteiger partial charge < -0.3 is 4.74 Å². The lowest BCUT2D eigenvalue weighted by Gasteiger charge is -2.25. The highest BCUT2D eigenvalue weighted by Gasteiger charge is 2.18. The first kappa shape index (κ1) is 11.5. The predicted molar refractivity (Wildman–Crippen MR) is 66.3 cm³/mol. The maximum atomic E-state index is 8.60. The number of hydrogen-bond donors (Lipinski definition) is 0. The smallest absolute Gasteiger partial charge is 0.133 e. The molecule has 0 aliphatic heterocycles. The van der Waals surface area contributed by atoms with Gasteiger partial charge in [-0.3, -0.25) is 0 Å². The molecule has 1 saturated carbocycles. The number of rotatable bonds is 4. The molecule has 1 aliphatic rings. The number of ether oxygens (including phenoxy) is 1. The first-order valence-electron chi connectivity index (χ1n) is 5.58. The predicted octanol–water partition coefficient (Wildman–Crippen LogP) is 3.69. The van der Waals surface area contributed by atoms with Crippen LogP contribution in [0.3, 0.4) is 0 Å². The van der Waals surface area contributed by atoms with E-state index in [-0.39, 0.29) is 0 Å². The van der Waals surface area contributed by atoms with Gasteiger partial charge in [0.1, 0.15) is 5.75 Å². The summed E-state index contributed by atoms with van der Waals surface area (Å²) in [5.41, 5.74) is 1.02. The lowest BCUT2D eigenvalue weighted by Crippen LogP contribution is -2.19. The largest absolute Gasteiger partial charge is 0.492 e. The zero-order valence-corrected chi connectivity index (χ0v) is 10.7. The molecule has 0 heterocycles. The van der Waals surface area contributed by atoms with Gasteiger partial charge in [-0.2, -0.15) is 5.26 Å². The van der Waals surface area contributed by atoms with Crippen LogP contribution in [-0.2, 0) is 6.42 Å². The summed E-state index contributed by atoms with van der Waals surface area (Å²) >= 11 is 3.47. The molecule has 0 aromatic heterocycles. The van der Waals surface area contributed by atoms with Crippen LogP contribution < -0.4 is 4.74 Å². The molecule has 1 aromatic carbocycles. The fraction of sp³-hybridized carbons (Fsp3) is 0.462. The fourth-order valence-electron chi connectivity index (χ4n) is 1.73. The maximum absolute atomic E-state index is 8.60. The van der Waals surface area contributed by atoms with Crippen LogP contribution >= 0.6 is 15.9 Å². The van der Waals surface area contributed by atoms with Gasteiger partial charge in [-0.25, -0.2) is 0 Å². The molecule has 2 rings (SSSR count). The zero-order chi connectivity index (χ0) is 11.4. The zero-order valence-electron chi connectivity index (χ0n) is 9.08.